The highest BCUT2D eigenvalue weighted by Gasteiger charge is 2.31. The molecule has 2 aliphatic heterocycles. The topological polar surface area (TPSA) is 41.6 Å². The van der Waals surface area contributed by atoms with E-state index < -0.39 is 0 Å². The zero-order chi connectivity index (χ0) is 14.7. The van der Waals surface area contributed by atoms with Gasteiger partial charge in [-0.2, -0.15) is 0 Å². The lowest BCUT2D eigenvalue weighted by molar-refractivity contribution is -0.122. The van der Waals surface area contributed by atoms with E-state index in [1.807, 2.05) is 18.2 Å². The third-order valence-corrected chi connectivity index (χ3v) is 4.76. The molecule has 0 aliphatic carbocycles. The smallest absolute Gasteiger partial charge is 0.241 e. The van der Waals surface area contributed by atoms with Gasteiger partial charge in [0.05, 0.1) is 6.04 Å². The average Bonchev–Trinajstić information content (AvgIpc) is 2.67. The van der Waals surface area contributed by atoms with Crippen molar-refractivity contribution >= 4 is 11.6 Å². The third kappa shape index (κ3) is 3.27. The molecule has 0 saturated carbocycles. The van der Waals surface area contributed by atoms with Gasteiger partial charge in [0.25, 0.3) is 0 Å². The Morgan fingerprint density at radius 1 is 1.24 bits per heavy atom. The number of carbonyl (C=O) groups excluding carboxylic acids is 1. The van der Waals surface area contributed by atoms with Crippen molar-refractivity contribution in [1.82, 2.24) is 4.90 Å². The Morgan fingerprint density at radius 3 is 2.76 bits per heavy atom. The largest absolute Gasteiger partial charge is 0.384 e. The molecule has 4 nitrogen and oxygen atoms in total. The Labute approximate surface area is 126 Å². The molecule has 0 bridgehead atoms. The molecule has 2 aliphatic rings. The number of fused-ring (bicyclic) bond motifs is 1. The number of nitrogens with one attached hydrogen (secondary N) is 1. The Balaban J connectivity index is 1.64. The monoisotopic (exact) mass is 288 g/mol. The van der Waals surface area contributed by atoms with E-state index in [0.717, 1.165) is 51.1 Å². The third-order valence-electron chi connectivity index (χ3n) is 4.76. The number of hydrogen-bond donors (Lipinski definition) is 1. The lowest BCUT2D eigenvalue weighted by Gasteiger charge is -2.36. The van der Waals surface area contributed by atoms with E-state index in [4.69, 9.17) is 4.74 Å². The standard InChI is InChI=1S/C17H24N2O2/c1-21-12-13-8-10-19(11-9-13)16-7-6-14-4-2-3-5-15(14)18-17(16)20/h2-5,13,16H,6-12H2,1H3,(H,18,20)/t16-/m0/s1. The maximum absolute atomic E-state index is 12.5. The fourth-order valence-corrected chi connectivity index (χ4v) is 3.51. The van der Waals surface area contributed by atoms with Gasteiger partial charge < -0.3 is 10.1 Å². The summed E-state index contributed by atoms with van der Waals surface area (Å²) < 4.78 is 5.25. The Bertz CT molecular complexity index is 495. The fraction of sp³-hybridized carbons (Fsp3) is 0.588. The van der Waals surface area contributed by atoms with E-state index in [1.165, 1.54) is 5.56 Å². The van der Waals surface area contributed by atoms with Crippen LogP contribution in [0.5, 0.6) is 0 Å². The van der Waals surface area contributed by atoms with Crippen molar-refractivity contribution in [3.05, 3.63) is 29.8 Å². The number of benzene rings is 1. The molecule has 1 fully saturated rings. The van der Waals surface area contributed by atoms with Crippen molar-refractivity contribution in [2.24, 2.45) is 5.92 Å². The van der Waals surface area contributed by atoms with Crippen molar-refractivity contribution in [2.45, 2.75) is 31.7 Å². The number of anilines is 1. The van der Waals surface area contributed by atoms with Crippen LogP contribution >= 0.6 is 0 Å². The number of methoxy groups -OCH3 is 1. The van der Waals surface area contributed by atoms with Gasteiger partial charge >= 0.3 is 0 Å². The first kappa shape index (κ1) is 14.5. The van der Waals surface area contributed by atoms with Crippen LogP contribution in [0.3, 0.4) is 0 Å². The highest BCUT2D eigenvalue weighted by molar-refractivity contribution is 5.96. The van der Waals surface area contributed by atoms with Gasteiger partial charge in [-0.05, 0) is 56.3 Å². The molecule has 2 heterocycles. The second kappa shape index (κ2) is 6.58. The highest BCUT2D eigenvalue weighted by atomic mass is 16.5. The number of hydrogen-bond acceptors (Lipinski definition) is 3. The van der Waals surface area contributed by atoms with Gasteiger partial charge in [-0.3, -0.25) is 9.69 Å². The number of rotatable bonds is 3. The quantitative estimate of drug-likeness (QED) is 0.928. The van der Waals surface area contributed by atoms with E-state index in [1.54, 1.807) is 7.11 Å². The van der Waals surface area contributed by atoms with Crippen molar-refractivity contribution in [3.63, 3.8) is 0 Å². The SMILES string of the molecule is COCC1CCN([C@H]2CCc3ccccc3NC2=O)CC1. The van der Waals surface area contributed by atoms with Gasteiger partial charge in [-0.25, -0.2) is 0 Å². The molecule has 21 heavy (non-hydrogen) atoms. The summed E-state index contributed by atoms with van der Waals surface area (Å²) in [6.45, 7) is 2.85. The van der Waals surface area contributed by atoms with Crippen LogP contribution in [0.15, 0.2) is 24.3 Å². The minimum absolute atomic E-state index is 0.0147. The lowest BCUT2D eigenvalue weighted by atomic mass is 9.95. The van der Waals surface area contributed by atoms with E-state index >= 15 is 0 Å². The van der Waals surface area contributed by atoms with Gasteiger partial charge in [0, 0.05) is 19.4 Å². The first-order valence-electron chi connectivity index (χ1n) is 7.89. The summed E-state index contributed by atoms with van der Waals surface area (Å²) in [6.07, 6.45) is 4.14. The molecule has 1 N–H and O–H groups in total. The summed E-state index contributed by atoms with van der Waals surface area (Å²) in [4.78, 5) is 14.9. The molecule has 1 atom stereocenters. The van der Waals surface area contributed by atoms with Gasteiger partial charge in [0.1, 0.15) is 0 Å². The number of likely N-dealkylation sites (tertiary alicyclic amines) is 1. The molecule has 1 saturated heterocycles. The average molecular weight is 288 g/mol. The Hall–Kier alpha value is -1.39. The summed E-state index contributed by atoms with van der Waals surface area (Å²) >= 11 is 0. The first-order valence-corrected chi connectivity index (χ1v) is 7.89. The lowest BCUT2D eigenvalue weighted by Crippen LogP contribution is -2.47. The van der Waals surface area contributed by atoms with Crippen LogP contribution in [0.2, 0.25) is 0 Å². The van der Waals surface area contributed by atoms with Crippen molar-refractivity contribution < 1.29 is 9.53 Å². The molecule has 3 rings (SSSR count). The zero-order valence-electron chi connectivity index (χ0n) is 12.7. The zero-order valence-corrected chi connectivity index (χ0v) is 12.7. The number of aryl methyl sites for hydroxylation is 1. The number of piperidine rings is 1. The van der Waals surface area contributed by atoms with E-state index in [-0.39, 0.29) is 11.9 Å². The molecular weight excluding hydrogens is 264 g/mol. The van der Waals surface area contributed by atoms with E-state index in [2.05, 4.69) is 16.3 Å². The van der Waals surface area contributed by atoms with Gasteiger partial charge in [0.2, 0.25) is 5.91 Å². The Morgan fingerprint density at radius 2 is 2.00 bits per heavy atom. The molecule has 0 aromatic heterocycles. The minimum atomic E-state index is 0.0147. The first-order chi connectivity index (χ1) is 10.3. The van der Waals surface area contributed by atoms with E-state index in [0.29, 0.717) is 5.92 Å². The molecule has 0 radical (unpaired) electrons. The molecular formula is C17H24N2O2. The molecule has 0 unspecified atom stereocenters. The van der Waals surface area contributed by atoms with Crippen molar-refractivity contribution in [1.29, 1.82) is 0 Å². The Kier molecular flexibility index (Phi) is 4.56. The number of nitrogens with zero attached hydrogens (tertiary/aromatic N) is 1. The maximum atomic E-state index is 12.5. The normalized spacial score (nSPS) is 24.2. The van der Waals surface area contributed by atoms with Gasteiger partial charge in [-0.1, -0.05) is 18.2 Å². The summed E-state index contributed by atoms with van der Waals surface area (Å²) in [5, 5.41) is 3.10. The molecule has 1 aromatic carbocycles. The summed E-state index contributed by atoms with van der Waals surface area (Å²) in [6, 6.07) is 8.15. The van der Waals surface area contributed by atoms with Crippen molar-refractivity contribution in [2.75, 3.05) is 32.1 Å². The van der Waals surface area contributed by atoms with Crippen LogP contribution in [0.25, 0.3) is 0 Å². The molecule has 4 heteroatoms. The maximum Gasteiger partial charge on any atom is 0.241 e. The van der Waals surface area contributed by atoms with Crippen LogP contribution in [-0.2, 0) is 16.0 Å². The predicted octanol–water partition coefficient (Wildman–Crippen LogP) is 2.30. The van der Waals surface area contributed by atoms with Crippen LogP contribution in [0.1, 0.15) is 24.8 Å². The predicted molar refractivity (Wildman–Crippen MR) is 83.4 cm³/mol. The summed E-state index contributed by atoms with van der Waals surface area (Å²) in [5.74, 6) is 0.808. The number of carbonyl (C=O) groups is 1. The summed E-state index contributed by atoms with van der Waals surface area (Å²) in [7, 11) is 1.77. The molecule has 1 aromatic rings. The van der Waals surface area contributed by atoms with Crippen LogP contribution < -0.4 is 5.32 Å². The van der Waals surface area contributed by atoms with E-state index in [9.17, 15) is 4.79 Å². The number of ether oxygens (including phenoxy) is 1. The van der Waals surface area contributed by atoms with Gasteiger partial charge in [-0.15, -0.1) is 0 Å². The highest BCUT2D eigenvalue weighted by Crippen LogP contribution is 2.26. The summed E-state index contributed by atoms with van der Waals surface area (Å²) in [5.41, 5.74) is 2.24. The molecule has 114 valence electrons. The van der Waals surface area contributed by atoms with Crippen LogP contribution in [0.4, 0.5) is 5.69 Å². The number of para-hydroxylation sites is 1. The minimum Gasteiger partial charge on any atom is -0.384 e. The second-order valence-corrected chi connectivity index (χ2v) is 6.14. The second-order valence-electron chi connectivity index (χ2n) is 6.14. The van der Waals surface area contributed by atoms with Crippen molar-refractivity contribution in [3.8, 4) is 0 Å². The molecule has 1 amide bonds. The van der Waals surface area contributed by atoms with Gasteiger partial charge in [0.15, 0.2) is 0 Å². The fourth-order valence-electron chi connectivity index (χ4n) is 3.51. The van der Waals surface area contributed by atoms with Crippen LogP contribution in [-0.4, -0.2) is 43.7 Å². The van der Waals surface area contributed by atoms with Crippen LogP contribution in [0, 0.1) is 5.92 Å². The number of amides is 1. The molecule has 0 spiro atoms.